The smallest absolute Gasteiger partial charge is 0.113 e. The molecule has 0 aliphatic heterocycles. The van der Waals surface area contributed by atoms with Crippen molar-refractivity contribution < 1.29 is 0 Å². The van der Waals surface area contributed by atoms with E-state index in [0.29, 0.717) is 5.69 Å². The molecule has 3 heteroatoms. The van der Waals surface area contributed by atoms with Crippen LogP contribution in [0.15, 0.2) is 115 Å². The van der Waals surface area contributed by atoms with Crippen molar-refractivity contribution in [3.8, 4) is 0 Å². The molecule has 4 aromatic carbocycles. The van der Waals surface area contributed by atoms with Gasteiger partial charge in [0.05, 0.1) is 0 Å². The first-order chi connectivity index (χ1) is 15.6. The summed E-state index contributed by atoms with van der Waals surface area (Å²) in [5, 5.41) is 11.3. The maximum absolute atomic E-state index is 7.48. The number of hydrogen-bond acceptors (Lipinski definition) is 3. The van der Waals surface area contributed by atoms with E-state index in [1.54, 1.807) is 0 Å². The molecule has 0 aliphatic carbocycles. The average molecular weight is 418 g/mol. The summed E-state index contributed by atoms with van der Waals surface area (Å²) in [7, 11) is 0. The van der Waals surface area contributed by atoms with Crippen molar-refractivity contribution in [1.82, 2.24) is 5.32 Å². The summed E-state index contributed by atoms with van der Waals surface area (Å²) in [6.07, 6.45) is 3.34. The van der Waals surface area contributed by atoms with E-state index >= 15 is 0 Å². The third-order valence-electron chi connectivity index (χ3n) is 5.82. The Morgan fingerprint density at radius 3 is 1.62 bits per heavy atom. The van der Waals surface area contributed by atoms with Gasteiger partial charge in [0.2, 0.25) is 0 Å². The van der Waals surface area contributed by atoms with Crippen molar-refractivity contribution in [2.75, 3.05) is 5.73 Å². The van der Waals surface area contributed by atoms with Crippen LogP contribution in [0.2, 0.25) is 0 Å². The van der Waals surface area contributed by atoms with Gasteiger partial charge in [-0.2, -0.15) is 0 Å². The molecule has 4 rings (SSSR count). The fraction of sp³-hybridized carbons (Fsp3) is 0.0690. The lowest BCUT2D eigenvalue weighted by molar-refractivity contribution is 0.551. The van der Waals surface area contributed by atoms with Crippen LogP contribution in [0, 0.1) is 5.41 Å². The second-order valence-electron chi connectivity index (χ2n) is 7.81. The fourth-order valence-corrected chi connectivity index (χ4v) is 4.07. The minimum atomic E-state index is -0.564. The molecule has 3 nitrogen and oxygen atoms in total. The van der Waals surface area contributed by atoms with Crippen LogP contribution in [-0.4, -0.2) is 6.21 Å². The maximum Gasteiger partial charge on any atom is 0.113 e. The Morgan fingerprint density at radius 1 is 0.750 bits per heavy atom. The molecule has 0 heterocycles. The molecule has 0 spiro atoms. The van der Waals surface area contributed by atoms with Crippen molar-refractivity contribution in [3.63, 3.8) is 0 Å². The molecule has 0 atom stereocenters. The number of rotatable bonds is 7. The summed E-state index contributed by atoms with van der Waals surface area (Å²) in [6.45, 7) is 2.07. The topological polar surface area (TPSA) is 61.9 Å². The van der Waals surface area contributed by atoms with Crippen LogP contribution in [0.25, 0.3) is 5.57 Å². The Labute approximate surface area is 189 Å². The SMILES string of the molecule is C/C(=C\NC(c1ccccc1)(c1ccccc1)c1ccccc1)c1ccc(C=N)c(N)c1. The summed E-state index contributed by atoms with van der Waals surface area (Å²) in [5.41, 5.74) is 12.4. The zero-order valence-corrected chi connectivity index (χ0v) is 18.1. The predicted octanol–water partition coefficient (Wildman–Crippen LogP) is 6.21. The molecule has 0 saturated carbocycles. The molecular weight excluding hydrogens is 390 g/mol. The standard InChI is InChI=1S/C29H27N3/c1-22(23-17-18-24(20-30)28(31)19-23)21-32-29(25-11-5-2-6-12-25,26-13-7-3-8-14-26)27-15-9-4-10-16-27/h2-21,30,32H,31H2,1H3/b22-21+,30-20?. The Balaban J connectivity index is 1.87. The molecule has 0 radical (unpaired) electrons. The van der Waals surface area contributed by atoms with Crippen molar-refractivity contribution in [2.45, 2.75) is 12.5 Å². The summed E-state index contributed by atoms with van der Waals surface area (Å²) in [4.78, 5) is 0. The second-order valence-corrected chi connectivity index (χ2v) is 7.81. The van der Waals surface area contributed by atoms with Gasteiger partial charge in [0.1, 0.15) is 5.54 Å². The lowest BCUT2D eigenvalue weighted by Crippen LogP contribution is -2.41. The van der Waals surface area contributed by atoms with Gasteiger partial charge in [-0.15, -0.1) is 0 Å². The van der Waals surface area contributed by atoms with Crippen molar-refractivity contribution in [2.24, 2.45) is 0 Å². The number of nitrogen functional groups attached to an aromatic ring is 1. The largest absolute Gasteiger partial charge is 0.398 e. The number of anilines is 1. The zero-order valence-electron chi connectivity index (χ0n) is 18.1. The van der Waals surface area contributed by atoms with E-state index in [1.165, 1.54) is 6.21 Å². The molecule has 4 aromatic rings. The fourth-order valence-electron chi connectivity index (χ4n) is 4.07. The van der Waals surface area contributed by atoms with Gasteiger partial charge in [-0.1, -0.05) is 103 Å². The first-order valence-electron chi connectivity index (χ1n) is 10.7. The lowest BCUT2D eigenvalue weighted by atomic mass is 9.77. The summed E-state index contributed by atoms with van der Waals surface area (Å²) >= 11 is 0. The van der Waals surface area contributed by atoms with E-state index in [0.717, 1.165) is 33.4 Å². The van der Waals surface area contributed by atoms with E-state index in [9.17, 15) is 0 Å². The second kappa shape index (κ2) is 9.36. The molecule has 0 amide bonds. The Hall–Kier alpha value is -4.11. The number of allylic oxidation sites excluding steroid dienone is 1. The third kappa shape index (κ3) is 4.06. The first-order valence-corrected chi connectivity index (χ1v) is 10.7. The van der Waals surface area contributed by atoms with E-state index < -0.39 is 5.54 Å². The molecule has 32 heavy (non-hydrogen) atoms. The van der Waals surface area contributed by atoms with Crippen LogP contribution in [0.1, 0.15) is 34.7 Å². The molecule has 0 fully saturated rings. The molecule has 0 bridgehead atoms. The van der Waals surface area contributed by atoms with E-state index in [-0.39, 0.29) is 0 Å². The third-order valence-corrected chi connectivity index (χ3v) is 5.82. The van der Waals surface area contributed by atoms with E-state index in [2.05, 4.69) is 91.2 Å². The molecule has 4 N–H and O–H groups in total. The Kier molecular flexibility index (Phi) is 6.18. The zero-order chi connectivity index (χ0) is 22.4. The highest BCUT2D eigenvalue weighted by Gasteiger charge is 2.35. The van der Waals surface area contributed by atoms with Gasteiger partial charge in [-0.3, -0.25) is 0 Å². The van der Waals surface area contributed by atoms with Gasteiger partial charge >= 0.3 is 0 Å². The highest BCUT2D eigenvalue weighted by atomic mass is 15.0. The molecule has 0 aliphatic rings. The highest BCUT2D eigenvalue weighted by Crippen LogP contribution is 2.37. The summed E-state index contributed by atoms with van der Waals surface area (Å²) in [6, 6.07) is 37.3. The molecule has 0 aromatic heterocycles. The van der Waals surface area contributed by atoms with Crippen LogP contribution < -0.4 is 11.1 Å². The molecule has 158 valence electrons. The van der Waals surface area contributed by atoms with Gasteiger partial charge in [-0.25, -0.2) is 0 Å². The van der Waals surface area contributed by atoms with Crippen LogP contribution in [-0.2, 0) is 5.54 Å². The van der Waals surface area contributed by atoms with Crippen molar-refractivity contribution in [1.29, 1.82) is 5.41 Å². The summed E-state index contributed by atoms with van der Waals surface area (Å²) < 4.78 is 0. The van der Waals surface area contributed by atoms with E-state index in [1.807, 2.05) is 36.4 Å². The van der Waals surface area contributed by atoms with Gasteiger partial charge in [0.15, 0.2) is 0 Å². The van der Waals surface area contributed by atoms with Crippen LogP contribution in [0.3, 0.4) is 0 Å². The first kappa shape index (κ1) is 21.1. The summed E-state index contributed by atoms with van der Waals surface area (Å²) in [5.74, 6) is 0. The number of benzene rings is 4. The predicted molar refractivity (Wildman–Crippen MR) is 135 cm³/mol. The van der Waals surface area contributed by atoms with Crippen LogP contribution in [0.4, 0.5) is 5.69 Å². The van der Waals surface area contributed by atoms with E-state index in [4.69, 9.17) is 11.1 Å². The van der Waals surface area contributed by atoms with Crippen LogP contribution in [0.5, 0.6) is 0 Å². The van der Waals surface area contributed by atoms with Gasteiger partial charge in [0, 0.05) is 23.7 Å². The Morgan fingerprint density at radius 2 is 1.22 bits per heavy atom. The number of nitrogens with one attached hydrogen (secondary N) is 2. The quantitative estimate of drug-likeness (QED) is 0.190. The monoisotopic (exact) mass is 417 g/mol. The van der Waals surface area contributed by atoms with Crippen molar-refractivity contribution in [3.05, 3.63) is 143 Å². The molecule has 0 saturated heterocycles. The van der Waals surface area contributed by atoms with Gasteiger partial charge < -0.3 is 16.5 Å². The average Bonchev–Trinajstić information content (AvgIpc) is 2.86. The number of nitrogens with two attached hydrogens (primary N) is 1. The molecular formula is C29H27N3. The van der Waals surface area contributed by atoms with Gasteiger partial charge in [-0.05, 0) is 40.8 Å². The number of hydrogen-bond donors (Lipinski definition) is 3. The van der Waals surface area contributed by atoms with Crippen LogP contribution >= 0.6 is 0 Å². The maximum atomic E-state index is 7.48. The van der Waals surface area contributed by atoms with Gasteiger partial charge in [0.25, 0.3) is 0 Å². The minimum Gasteiger partial charge on any atom is -0.398 e. The Bertz CT molecular complexity index is 1120. The lowest BCUT2D eigenvalue weighted by Gasteiger charge is -2.36. The minimum absolute atomic E-state index is 0.564. The highest BCUT2D eigenvalue weighted by molar-refractivity contribution is 5.86. The molecule has 0 unspecified atom stereocenters. The normalized spacial score (nSPS) is 11.7. The van der Waals surface area contributed by atoms with Crippen molar-refractivity contribution >= 4 is 17.5 Å².